The molecule has 206 valence electrons. The van der Waals surface area contributed by atoms with Gasteiger partial charge in [-0.05, 0) is 24.0 Å². The van der Waals surface area contributed by atoms with Gasteiger partial charge in [0.05, 0.1) is 5.52 Å². The number of nitrogens with one attached hydrogen (secondary N) is 2. The van der Waals surface area contributed by atoms with Gasteiger partial charge in [-0.2, -0.15) is 5.10 Å². The first-order chi connectivity index (χ1) is 18.3. The van der Waals surface area contributed by atoms with E-state index in [0.29, 0.717) is 6.42 Å². The second kappa shape index (κ2) is 14.5. The van der Waals surface area contributed by atoms with Crippen molar-refractivity contribution in [2.75, 3.05) is 6.54 Å². The Balaban J connectivity index is 1.81. The van der Waals surface area contributed by atoms with Crippen LogP contribution in [0.4, 0.5) is 4.79 Å². The summed E-state index contributed by atoms with van der Waals surface area (Å²) >= 11 is 0. The number of H-pyrrole nitrogens is 1. The molecular formula is C30H43N5O3. The van der Waals surface area contributed by atoms with Crippen molar-refractivity contribution in [3.05, 3.63) is 65.9 Å². The van der Waals surface area contributed by atoms with Crippen LogP contribution < -0.4 is 16.8 Å². The van der Waals surface area contributed by atoms with Gasteiger partial charge in [0.25, 0.3) is 5.91 Å². The highest BCUT2D eigenvalue weighted by Gasteiger charge is 2.44. The maximum atomic E-state index is 13.8. The van der Waals surface area contributed by atoms with Crippen molar-refractivity contribution in [1.29, 1.82) is 0 Å². The molecule has 3 aromatic rings. The van der Waals surface area contributed by atoms with Crippen molar-refractivity contribution in [3.63, 3.8) is 0 Å². The fourth-order valence-corrected chi connectivity index (χ4v) is 5.12. The van der Waals surface area contributed by atoms with Crippen LogP contribution in [0.5, 0.6) is 0 Å². The number of nitrogens with zero attached hydrogens (tertiary/aromatic N) is 1. The third kappa shape index (κ3) is 8.31. The van der Waals surface area contributed by atoms with E-state index < -0.39 is 23.6 Å². The quantitative estimate of drug-likeness (QED) is 0.184. The Morgan fingerprint density at radius 1 is 1.03 bits per heavy atom. The summed E-state index contributed by atoms with van der Waals surface area (Å²) in [6.07, 6.45) is 7.55. The Labute approximate surface area is 225 Å². The number of fused-ring (bicyclic) bond motifs is 1. The topological polar surface area (TPSA) is 136 Å². The SMILES string of the molecule is CCCCCCCCC(C)CC(Cc1[nH]nc2ccccc12)(OC(N)=O)C(=O)NCC(N)c1ccccc1. The molecule has 8 nitrogen and oxygen atoms in total. The molecule has 8 heteroatoms. The number of para-hydroxylation sites is 1. The third-order valence-corrected chi connectivity index (χ3v) is 7.15. The zero-order valence-electron chi connectivity index (χ0n) is 22.7. The summed E-state index contributed by atoms with van der Waals surface area (Å²) in [5.41, 5.74) is 12.8. The second-order valence-electron chi connectivity index (χ2n) is 10.4. The van der Waals surface area contributed by atoms with Crippen LogP contribution in [0.1, 0.15) is 82.5 Å². The zero-order chi connectivity index (χ0) is 27.4. The molecule has 3 rings (SSSR count). The number of carbonyl (C=O) groups excluding carboxylic acids is 2. The second-order valence-corrected chi connectivity index (χ2v) is 10.4. The number of aromatic nitrogens is 2. The molecule has 2 amide bonds. The number of nitrogens with two attached hydrogens (primary N) is 2. The lowest BCUT2D eigenvalue weighted by Gasteiger charge is -2.34. The molecule has 0 saturated carbocycles. The molecule has 1 heterocycles. The van der Waals surface area contributed by atoms with Crippen LogP contribution in [0.25, 0.3) is 10.9 Å². The first kappa shape index (κ1) is 29.2. The molecular weight excluding hydrogens is 478 g/mol. The molecule has 0 fully saturated rings. The van der Waals surface area contributed by atoms with Gasteiger partial charge in [0, 0.05) is 30.1 Å². The summed E-state index contributed by atoms with van der Waals surface area (Å²) in [5.74, 6) is -0.278. The van der Waals surface area contributed by atoms with E-state index in [0.717, 1.165) is 41.4 Å². The van der Waals surface area contributed by atoms with Crippen molar-refractivity contribution >= 4 is 22.9 Å². The van der Waals surface area contributed by atoms with Gasteiger partial charge in [0.1, 0.15) is 0 Å². The average Bonchev–Trinajstić information content (AvgIpc) is 3.31. The molecule has 0 aliphatic rings. The van der Waals surface area contributed by atoms with E-state index in [4.69, 9.17) is 16.2 Å². The molecule has 0 spiro atoms. The van der Waals surface area contributed by atoms with Gasteiger partial charge < -0.3 is 21.5 Å². The lowest BCUT2D eigenvalue weighted by molar-refractivity contribution is -0.142. The van der Waals surface area contributed by atoms with Crippen LogP contribution >= 0.6 is 0 Å². The number of primary amides is 1. The summed E-state index contributed by atoms with van der Waals surface area (Å²) < 4.78 is 5.73. The zero-order valence-corrected chi connectivity index (χ0v) is 22.7. The van der Waals surface area contributed by atoms with Gasteiger partial charge in [-0.25, -0.2) is 4.79 Å². The van der Waals surface area contributed by atoms with E-state index in [1.54, 1.807) is 0 Å². The molecule has 2 aromatic carbocycles. The number of hydrogen-bond acceptors (Lipinski definition) is 5. The summed E-state index contributed by atoms with van der Waals surface area (Å²) in [6.45, 7) is 4.50. The average molecular weight is 522 g/mol. The number of ether oxygens (including phenoxy) is 1. The Morgan fingerprint density at radius 2 is 1.71 bits per heavy atom. The minimum absolute atomic E-state index is 0.128. The highest BCUT2D eigenvalue weighted by Crippen LogP contribution is 2.31. The van der Waals surface area contributed by atoms with Crippen LogP contribution in [-0.4, -0.2) is 34.3 Å². The van der Waals surface area contributed by atoms with E-state index in [-0.39, 0.29) is 18.9 Å². The van der Waals surface area contributed by atoms with Crippen LogP contribution in [0.3, 0.4) is 0 Å². The van der Waals surface area contributed by atoms with Gasteiger partial charge in [-0.3, -0.25) is 9.89 Å². The van der Waals surface area contributed by atoms with Gasteiger partial charge in [0.15, 0.2) is 5.60 Å². The van der Waals surface area contributed by atoms with E-state index in [2.05, 4.69) is 29.4 Å². The van der Waals surface area contributed by atoms with E-state index in [9.17, 15) is 9.59 Å². The first-order valence-electron chi connectivity index (χ1n) is 13.8. The van der Waals surface area contributed by atoms with Gasteiger partial charge in [-0.15, -0.1) is 0 Å². The van der Waals surface area contributed by atoms with Crippen LogP contribution in [0.15, 0.2) is 54.6 Å². The predicted octanol–water partition coefficient (Wildman–Crippen LogP) is 5.53. The Bertz CT molecular complexity index is 1150. The number of unbranched alkanes of at least 4 members (excludes halogenated alkanes) is 5. The monoisotopic (exact) mass is 521 g/mol. The van der Waals surface area contributed by atoms with Crippen LogP contribution in [0.2, 0.25) is 0 Å². The highest BCUT2D eigenvalue weighted by atomic mass is 16.6. The number of benzene rings is 2. The molecule has 1 aromatic heterocycles. The molecule has 38 heavy (non-hydrogen) atoms. The van der Waals surface area contributed by atoms with Crippen molar-refractivity contribution in [1.82, 2.24) is 15.5 Å². The summed E-state index contributed by atoms with van der Waals surface area (Å²) in [4.78, 5) is 26.0. The third-order valence-electron chi connectivity index (χ3n) is 7.15. The fourth-order valence-electron chi connectivity index (χ4n) is 5.12. The standard InChI is InChI=1S/C30H43N5O3/c1-3-4-5-6-7-9-14-22(2)19-30(38-29(32)37,20-27-24-17-12-13-18-26(24)34-35-27)28(36)33-21-25(31)23-15-10-8-11-16-23/h8,10-13,15-18,22,25H,3-7,9,14,19-21,31H2,1-2H3,(H2,32,37)(H,33,36)(H,34,35). The maximum absolute atomic E-state index is 13.8. The minimum Gasteiger partial charge on any atom is -0.433 e. The number of carbonyl (C=O) groups is 2. The van der Waals surface area contributed by atoms with Crippen LogP contribution in [0, 0.1) is 5.92 Å². The molecule has 0 aliphatic carbocycles. The van der Waals surface area contributed by atoms with Gasteiger partial charge in [-0.1, -0.05) is 107 Å². The molecule has 0 bridgehead atoms. The number of amides is 2. The first-order valence-corrected chi connectivity index (χ1v) is 13.8. The lowest BCUT2D eigenvalue weighted by Crippen LogP contribution is -2.54. The smallest absolute Gasteiger partial charge is 0.405 e. The Hall–Kier alpha value is -3.39. The van der Waals surface area contributed by atoms with E-state index in [1.165, 1.54) is 25.7 Å². The molecule has 0 radical (unpaired) electrons. The Kier molecular flexibility index (Phi) is 11.1. The van der Waals surface area contributed by atoms with Crippen molar-refractivity contribution in [3.8, 4) is 0 Å². The summed E-state index contributed by atoms with van der Waals surface area (Å²) in [5, 5.41) is 11.2. The number of hydrogen-bond donors (Lipinski definition) is 4. The lowest BCUT2D eigenvalue weighted by atomic mass is 9.83. The molecule has 0 aliphatic heterocycles. The van der Waals surface area contributed by atoms with Gasteiger partial charge >= 0.3 is 6.09 Å². The maximum Gasteiger partial charge on any atom is 0.405 e. The van der Waals surface area contributed by atoms with Crippen molar-refractivity contribution in [2.45, 2.75) is 83.3 Å². The van der Waals surface area contributed by atoms with Crippen molar-refractivity contribution < 1.29 is 14.3 Å². The Morgan fingerprint density at radius 3 is 2.45 bits per heavy atom. The van der Waals surface area contributed by atoms with Gasteiger partial charge in [0.2, 0.25) is 0 Å². The highest BCUT2D eigenvalue weighted by molar-refractivity contribution is 5.89. The summed E-state index contributed by atoms with van der Waals surface area (Å²) in [7, 11) is 0. The van der Waals surface area contributed by atoms with Crippen molar-refractivity contribution in [2.24, 2.45) is 17.4 Å². The predicted molar refractivity (Wildman–Crippen MR) is 151 cm³/mol. The fraction of sp³-hybridized carbons (Fsp3) is 0.500. The number of rotatable bonds is 16. The molecule has 3 atom stereocenters. The molecule has 6 N–H and O–H groups in total. The normalized spacial score (nSPS) is 14.5. The van der Waals surface area contributed by atoms with E-state index >= 15 is 0 Å². The summed E-state index contributed by atoms with van der Waals surface area (Å²) in [6, 6.07) is 16.8. The largest absolute Gasteiger partial charge is 0.433 e. The number of aromatic amines is 1. The van der Waals surface area contributed by atoms with Crippen LogP contribution in [-0.2, 0) is 16.0 Å². The van der Waals surface area contributed by atoms with E-state index in [1.807, 2.05) is 54.6 Å². The molecule has 3 unspecified atom stereocenters. The molecule has 0 saturated heterocycles. The minimum atomic E-state index is -1.50.